The van der Waals surface area contributed by atoms with Crippen LogP contribution in [0.5, 0.6) is 34.5 Å². The molecule has 222 valence electrons. The fraction of sp³-hybridized carbons (Fsp3) is 0.194. The van der Waals surface area contributed by atoms with Crippen molar-refractivity contribution in [3.05, 3.63) is 54.2 Å². The summed E-state index contributed by atoms with van der Waals surface area (Å²) in [4.78, 5) is 38.5. The standard InChI is InChI=1S/C31H23N3O8S2/c35-16-41-19-4-6-33-22(12-19)24-14-20(42-17-36)13-23(34-24)21-11-18(3-5-32-21)29-27-28(40-10-2-9-39-27)31(44-29)30-26-25(15-43-30)37-7-1-8-38-26/h3-6,11-17H,1-2,7-10H2. The highest BCUT2D eigenvalue weighted by Crippen LogP contribution is 2.58. The molecule has 44 heavy (non-hydrogen) atoms. The molecule has 0 saturated carbocycles. The van der Waals surface area contributed by atoms with Crippen molar-refractivity contribution in [1.29, 1.82) is 0 Å². The number of hydrogen-bond donors (Lipinski definition) is 0. The molecule has 5 aromatic heterocycles. The van der Waals surface area contributed by atoms with Gasteiger partial charge in [-0.25, -0.2) is 4.98 Å². The number of hydrogen-bond acceptors (Lipinski definition) is 13. The van der Waals surface area contributed by atoms with Crippen LogP contribution in [0.25, 0.3) is 43.0 Å². The first-order valence-corrected chi connectivity index (χ1v) is 15.4. The lowest BCUT2D eigenvalue weighted by molar-refractivity contribution is -0.121. The van der Waals surface area contributed by atoms with Crippen molar-refractivity contribution >= 4 is 35.6 Å². The normalized spacial score (nSPS) is 13.8. The summed E-state index contributed by atoms with van der Waals surface area (Å²) in [6.07, 6.45) is 4.75. The minimum absolute atomic E-state index is 0.250. The van der Waals surface area contributed by atoms with Crippen molar-refractivity contribution < 1.29 is 38.0 Å². The highest BCUT2D eigenvalue weighted by atomic mass is 32.1. The van der Waals surface area contributed by atoms with Crippen LogP contribution in [0, 0.1) is 0 Å². The summed E-state index contributed by atoms with van der Waals surface area (Å²) < 4.78 is 34.7. The van der Waals surface area contributed by atoms with Gasteiger partial charge in [-0.2, -0.15) is 0 Å². The summed E-state index contributed by atoms with van der Waals surface area (Å²) in [5, 5.41) is 1.97. The second-order valence-corrected chi connectivity index (χ2v) is 11.5. The predicted octanol–water partition coefficient (Wildman–Crippen LogP) is 6.06. The molecule has 0 aromatic carbocycles. The molecule has 0 atom stereocenters. The van der Waals surface area contributed by atoms with Gasteiger partial charge in [0.1, 0.15) is 11.5 Å². The maximum atomic E-state index is 11.2. The second-order valence-electron chi connectivity index (χ2n) is 9.59. The second kappa shape index (κ2) is 12.3. The van der Waals surface area contributed by atoms with E-state index < -0.39 is 0 Å². The van der Waals surface area contributed by atoms with E-state index >= 15 is 0 Å². The van der Waals surface area contributed by atoms with Crippen molar-refractivity contribution in [2.45, 2.75) is 12.8 Å². The van der Waals surface area contributed by atoms with E-state index in [9.17, 15) is 9.59 Å². The number of fused-ring (bicyclic) bond motifs is 2. The molecule has 0 fully saturated rings. The van der Waals surface area contributed by atoms with Gasteiger partial charge in [-0.15, -0.1) is 22.7 Å². The SMILES string of the molecule is O=COc1ccnc(-c2cc(OC=O)cc(-c3cc(-c4sc(-c5scc6c5OCCCO6)c5c4OCCCO5)ccn3)n2)c1. The lowest BCUT2D eigenvalue weighted by Gasteiger charge is -2.10. The summed E-state index contributed by atoms with van der Waals surface area (Å²) >= 11 is 3.10. The molecule has 0 N–H and O–H groups in total. The van der Waals surface area contributed by atoms with Gasteiger partial charge in [0.2, 0.25) is 0 Å². The molecule has 2 aliphatic rings. The van der Waals surface area contributed by atoms with E-state index in [0.29, 0.717) is 79.4 Å². The van der Waals surface area contributed by atoms with E-state index in [1.54, 1.807) is 53.1 Å². The molecule has 0 bridgehead atoms. The van der Waals surface area contributed by atoms with Crippen molar-refractivity contribution in [3.8, 4) is 77.5 Å². The number of thiophene rings is 2. The van der Waals surface area contributed by atoms with Gasteiger partial charge in [0.25, 0.3) is 12.9 Å². The molecule has 7 heterocycles. The zero-order chi connectivity index (χ0) is 29.9. The molecule has 0 unspecified atom stereocenters. The van der Waals surface area contributed by atoms with Gasteiger partial charge in [0, 0.05) is 48.8 Å². The lowest BCUT2D eigenvalue weighted by atomic mass is 10.1. The van der Waals surface area contributed by atoms with Gasteiger partial charge in [-0.05, 0) is 23.8 Å². The lowest BCUT2D eigenvalue weighted by Crippen LogP contribution is -1.99. The fourth-order valence-electron chi connectivity index (χ4n) is 4.83. The van der Waals surface area contributed by atoms with Crippen LogP contribution >= 0.6 is 22.7 Å². The van der Waals surface area contributed by atoms with Crippen LogP contribution in [0.2, 0.25) is 0 Å². The highest BCUT2D eigenvalue weighted by molar-refractivity contribution is 7.24. The molecule has 11 nitrogen and oxygen atoms in total. The van der Waals surface area contributed by atoms with Crippen molar-refractivity contribution in [3.63, 3.8) is 0 Å². The number of carbonyl (C=O) groups excluding carboxylic acids is 2. The number of aromatic nitrogens is 3. The van der Waals surface area contributed by atoms with Gasteiger partial charge < -0.3 is 28.4 Å². The summed E-state index contributed by atoms with van der Waals surface area (Å²) in [5.74, 6) is 3.37. The van der Waals surface area contributed by atoms with E-state index in [2.05, 4.69) is 9.97 Å². The quantitative estimate of drug-likeness (QED) is 0.186. The van der Waals surface area contributed by atoms with Crippen molar-refractivity contribution in [2.24, 2.45) is 0 Å². The third-order valence-corrected chi connectivity index (χ3v) is 9.07. The number of rotatable bonds is 8. The third-order valence-electron chi connectivity index (χ3n) is 6.76. The smallest absolute Gasteiger partial charge is 0.298 e. The van der Waals surface area contributed by atoms with Gasteiger partial charge in [-0.1, -0.05) is 0 Å². The van der Waals surface area contributed by atoms with Crippen LogP contribution in [0.1, 0.15) is 12.8 Å². The molecule has 0 amide bonds. The van der Waals surface area contributed by atoms with Crippen LogP contribution in [0.15, 0.2) is 54.2 Å². The van der Waals surface area contributed by atoms with E-state index in [4.69, 9.17) is 33.4 Å². The molecule has 13 heteroatoms. The number of nitrogens with zero attached hydrogens (tertiary/aromatic N) is 3. The zero-order valence-corrected chi connectivity index (χ0v) is 24.7. The Morgan fingerprint density at radius 1 is 0.659 bits per heavy atom. The first kappa shape index (κ1) is 27.8. The summed E-state index contributed by atoms with van der Waals surface area (Å²) in [7, 11) is 0. The molecule has 2 aliphatic heterocycles. The Balaban J connectivity index is 1.32. The average molecular weight is 630 g/mol. The van der Waals surface area contributed by atoms with Gasteiger partial charge in [-0.3, -0.25) is 19.6 Å². The Kier molecular flexibility index (Phi) is 7.78. The monoisotopic (exact) mass is 629 g/mol. The molecule has 0 radical (unpaired) electrons. The molecule has 0 spiro atoms. The number of carbonyl (C=O) groups is 2. The van der Waals surface area contributed by atoms with E-state index in [0.717, 1.165) is 44.5 Å². The molecular formula is C31H23N3O8S2. The first-order valence-electron chi connectivity index (χ1n) is 13.7. The predicted molar refractivity (Wildman–Crippen MR) is 162 cm³/mol. The minimum Gasteiger partial charge on any atom is -0.489 e. The topological polar surface area (TPSA) is 128 Å². The van der Waals surface area contributed by atoms with Crippen LogP contribution in [-0.4, -0.2) is 54.3 Å². The van der Waals surface area contributed by atoms with Gasteiger partial charge >= 0.3 is 0 Å². The van der Waals surface area contributed by atoms with Crippen molar-refractivity contribution in [2.75, 3.05) is 26.4 Å². The Labute approximate surface area is 259 Å². The van der Waals surface area contributed by atoms with Crippen LogP contribution < -0.4 is 28.4 Å². The van der Waals surface area contributed by atoms with Gasteiger partial charge in [0.05, 0.1) is 63.8 Å². The molecule has 0 aliphatic carbocycles. The Morgan fingerprint density at radius 3 is 2.02 bits per heavy atom. The molecule has 0 saturated heterocycles. The number of pyridine rings is 3. The average Bonchev–Trinajstić information content (AvgIpc) is 3.39. The molecular weight excluding hydrogens is 606 g/mol. The summed E-state index contributed by atoms with van der Waals surface area (Å²) in [6.45, 7) is 2.91. The van der Waals surface area contributed by atoms with Crippen LogP contribution in [-0.2, 0) is 9.59 Å². The minimum atomic E-state index is 0.250. The Hall–Kier alpha value is -5.01. The first-order chi connectivity index (χ1) is 21.7. The molecule has 5 aromatic rings. The highest BCUT2D eigenvalue weighted by Gasteiger charge is 2.30. The summed E-state index contributed by atoms with van der Waals surface area (Å²) in [5.41, 5.74) is 2.63. The van der Waals surface area contributed by atoms with E-state index in [1.165, 1.54) is 6.20 Å². The zero-order valence-electron chi connectivity index (χ0n) is 23.0. The largest absolute Gasteiger partial charge is 0.489 e. The van der Waals surface area contributed by atoms with Gasteiger partial charge in [0.15, 0.2) is 23.0 Å². The van der Waals surface area contributed by atoms with E-state index in [-0.39, 0.29) is 5.75 Å². The van der Waals surface area contributed by atoms with Crippen LogP contribution in [0.3, 0.4) is 0 Å². The van der Waals surface area contributed by atoms with Crippen molar-refractivity contribution in [1.82, 2.24) is 15.0 Å². The maximum Gasteiger partial charge on any atom is 0.298 e. The molecule has 7 rings (SSSR count). The number of ether oxygens (including phenoxy) is 6. The third kappa shape index (κ3) is 5.42. The fourth-order valence-corrected chi connectivity index (χ4v) is 7.09. The summed E-state index contributed by atoms with van der Waals surface area (Å²) in [6, 6.07) is 10.1. The Bertz CT molecular complexity index is 1850. The Morgan fingerprint density at radius 2 is 1.27 bits per heavy atom. The van der Waals surface area contributed by atoms with E-state index in [1.807, 2.05) is 17.5 Å². The maximum absolute atomic E-state index is 11.2. The van der Waals surface area contributed by atoms with Crippen LogP contribution in [0.4, 0.5) is 0 Å².